The molecule has 0 unspecified atom stereocenters. The number of aliphatic hydroxyl groups excluding tert-OH is 1. The van der Waals surface area contributed by atoms with Crippen molar-refractivity contribution in [2.75, 3.05) is 13.1 Å². The third-order valence-corrected chi connectivity index (χ3v) is 5.64. The van der Waals surface area contributed by atoms with Crippen molar-refractivity contribution in [3.63, 3.8) is 0 Å². The molecule has 0 saturated carbocycles. The standard InChI is InChI=1S/C23H39N9O12/c1-9(28-20(41)12(6-15(35)36)29-14(34)8-24)18(39)30-11(4-3-5-27-23(25)26)19(40)31-13(7-16(37)38)21(42)32-17(10(2)33)22(43)44/h9-13,17,33H,3-8,24H2,1-2H3,(H,28,41)(H,29,34)(H,30,39)(H,31,40)(H,32,42)(H,35,36)(H,37,38)(H,43,44)(H4,25,26,27)/t9-,10+,11-,12-,13-,17-/m0/s1. The van der Waals surface area contributed by atoms with Gasteiger partial charge in [0.05, 0.1) is 25.5 Å². The summed E-state index contributed by atoms with van der Waals surface area (Å²) in [6, 6.07) is -8.19. The van der Waals surface area contributed by atoms with Gasteiger partial charge in [0, 0.05) is 6.54 Å². The van der Waals surface area contributed by atoms with E-state index in [2.05, 4.69) is 26.6 Å². The molecule has 0 aliphatic heterocycles. The highest BCUT2D eigenvalue weighted by Gasteiger charge is 2.33. The number of aliphatic carboxylic acids is 3. The van der Waals surface area contributed by atoms with Crippen molar-refractivity contribution in [2.24, 2.45) is 11.5 Å². The number of amides is 5. The maximum atomic E-state index is 13.1. The summed E-state index contributed by atoms with van der Waals surface area (Å²) in [6.07, 6.45) is -3.54. The Morgan fingerprint density at radius 1 is 0.727 bits per heavy atom. The summed E-state index contributed by atoms with van der Waals surface area (Å²) in [6.45, 7) is 1.73. The largest absolute Gasteiger partial charge is 0.481 e. The molecular formula is C23H39N9O12. The first-order valence-electron chi connectivity index (χ1n) is 13.0. The van der Waals surface area contributed by atoms with Crippen molar-refractivity contribution in [2.45, 2.75) is 75.8 Å². The van der Waals surface area contributed by atoms with Gasteiger partial charge in [0.1, 0.15) is 24.2 Å². The van der Waals surface area contributed by atoms with Crippen LogP contribution >= 0.6 is 0 Å². The molecule has 0 saturated heterocycles. The van der Waals surface area contributed by atoms with Gasteiger partial charge in [0.25, 0.3) is 0 Å². The number of rotatable bonds is 20. The van der Waals surface area contributed by atoms with Crippen LogP contribution in [0.1, 0.15) is 39.5 Å². The summed E-state index contributed by atoms with van der Waals surface area (Å²) in [5, 5.41) is 57.3. The van der Waals surface area contributed by atoms with Crippen LogP contribution < -0.4 is 43.4 Å². The highest BCUT2D eigenvalue weighted by atomic mass is 16.4. The molecule has 21 heteroatoms. The van der Waals surface area contributed by atoms with Crippen LogP contribution in [0.2, 0.25) is 0 Å². The molecule has 0 aromatic heterocycles. The third kappa shape index (κ3) is 15.3. The summed E-state index contributed by atoms with van der Waals surface area (Å²) < 4.78 is 0. The van der Waals surface area contributed by atoms with Crippen LogP contribution in [0.15, 0.2) is 0 Å². The van der Waals surface area contributed by atoms with E-state index >= 15 is 0 Å². The molecule has 0 heterocycles. The lowest BCUT2D eigenvalue weighted by molar-refractivity contribution is -0.146. The number of hydrogen-bond acceptors (Lipinski definition) is 11. The lowest BCUT2D eigenvalue weighted by Gasteiger charge is -2.26. The maximum Gasteiger partial charge on any atom is 0.328 e. The molecule has 0 spiro atoms. The van der Waals surface area contributed by atoms with E-state index in [1.165, 1.54) is 6.92 Å². The number of carboxylic acids is 3. The van der Waals surface area contributed by atoms with Crippen molar-refractivity contribution in [3.8, 4) is 0 Å². The van der Waals surface area contributed by atoms with Gasteiger partial charge in [0.2, 0.25) is 29.5 Å². The van der Waals surface area contributed by atoms with Crippen LogP contribution in [0.4, 0.5) is 0 Å². The molecule has 44 heavy (non-hydrogen) atoms. The Morgan fingerprint density at radius 3 is 1.66 bits per heavy atom. The van der Waals surface area contributed by atoms with Crippen molar-refractivity contribution in [3.05, 3.63) is 0 Å². The zero-order chi connectivity index (χ0) is 34.1. The topological polar surface area (TPSA) is 366 Å². The first-order chi connectivity index (χ1) is 20.4. The molecule has 6 atom stereocenters. The molecule has 248 valence electrons. The minimum absolute atomic E-state index is 0.0483. The van der Waals surface area contributed by atoms with Gasteiger partial charge in [-0.2, -0.15) is 0 Å². The van der Waals surface area contributed by atoms with Crippen LogP contribution in [0, 0.1) is 5.41 Å². The zero-order valence-corrected chi connectivity index (χ0v) is 23.9. The Morgan fingerprint density at radius 2 is 1.20 bits per heavy atom. The molecule has 21 nitrogen and oxygen atoms in total. The molecule has 15 N–H and O–H groups in total. The van der Waals surface area contributed by atoms with Crippen molar-refractivity contribution < 1.29 is 58.8 Å². The Hall–Kier alpha value is -5.05. The Labute approximate surface area is 250 Å². The molecule has 5 amide bonds. The van der Waals surface area contributed by atoms with Crippen LogP contribution in [0.3, 0.4) is 0 Å². The number of hydrogen-bond donors (Lipinski definition) is 13. The summed E-state index contributed by atoms with van der Waals surface area (Å²) >= 11 is 0. The molecular weight excluding hydrogens is 594 g/mol. The summed E-state index contributed by atoms with van der Waals surface area (Å²) in [7, 11) is 0. The predicted molar refractivity (Wildman–Crippen MR) is 147 cm³/mol. The highest BCUT2D eigenvalue weighted by Crippen LogP contribution is 2.04. The highest BCUT2D eigenvalue weighted by molar-refractivity contribution is 5.97. The first kappa shape index (κ1) is 38.9. The predicted octanol–water partition coefficient (Wildman–Crippen LogP) is -5.93. The average molecular weight is 634 g/mol. The molecule has 0 fully saturated rings. The maximum absolute atomic E-state index is 13.1. The van der Waals surface area contributed by atoms with Crippen molar-refractivity contribution >= 4 is 53.4 Å². The smallest absolute Gasteiger partial charge is 0.328 e. The average Bonchev–Trinajstić information content (AvgIpc) is 2.90. The van der Waals surface area contributed by atoms with E-state index in [1.54, 1.807) is 0 Å². The molecule has 0 aromatic rings. The van der Waals surface area contributed by atoms with Gasteiger partial charge in [-0.1, -0.05) is 0 Å². The molecule has 0 aliphatic carbocycles. The summed E-state index contributed by atoms with van der Waals surface area (Å²) in [5.41, 5.74) is 10.4. The molecule has 0 aliphatic rings. The second kappa shape index (κ2) is 19.2. The Kier molecular flexibility index (Phi) is 17.0. The van der Waals surface area contributed by atoms with Gasteiger partial charge >= 0.3 is 17.9 Å². The lowest BCUT2D eigenvalue weighted by atomic mass is 10.1. The van der Waals surface area contributed by atoms with E-state index in [1.807, 2.05) is 5.32 Å². The second-order valence-corrected chi connectivity index (χ2v) is 9.42. The fourth-order valence-corrected chi connectivity index (χ4v) is 3.41. The van der Waals surface area contributed by atoms with Crippen LogP contribution in [-0.2, 0) is 38.4 Å². The number of carbonyl (C=O) groups excluding carboxylic acids is 5. The number of aliphatic hydroxyl groups is 1. The molecule has 0 bridgehead atoms. The molecule has 0 radical (unpaired) electrons. The minimum atomic E-state index is -1.85. The number of carbonyl (C=O) groups is 8. The summed E-state index contributed by atoms with van der Waals surface area (Å²) in [5.74, 6) is -10.3. The van der Waals surface area contributed by atoms with Crippen molar-refractivity contribution in [1.29, 1.82) is 5.41 Å². The van der Waals surface area contributed by atoms with E-state index in [0.29, 0.717) is 0 Å². The van der Waals surface area contributed by atoms with Gasteiger partial charge in [-0.15, -0.1) is 0 Å². The van der Waals surface area contributed by atoms with Crippen LogP contribution in [0.25, 0.3) is 0 Å². The van der Waals surface area contributed by atoms with E-state index in [0.717, 1.165) is 6.92 Å². The molecule has 0 aromatic carbocycles. The Bertz CT molecular complexity index is 1100. The van der Waals surface area contributed by atoms with E-state index in [9.17, 15) is 53.7 Å². The van der Waals surface area contributed by atoms with Gasteiger partial charge in [-0.25, -0.2) is 4.79 Å². The van der Waals surface area contributed by atoms with Crippen LogP contribution in [-0.4, -0.2) is 123 Å². The van der Waals surface area contributed by atoms with Gasteiger partial charge in [-0.3, -0.25) is 39.0 Å². The van der Waals surface area contributed by atoms with Gasteiger partial charge < -0.3 is 63.8 Å². The van der Waals surface area contributed by atoms with E-state index in [4.69, 9.17) is 22.0 Å². The summed E-state index contributed by atoms with van der Waals surface area (Å²) in [4.78, 5) is 96.6. The van der Waals surface area contributed by atoms with E-state index < -0.39 is 109 Å². The first-order valence-corrected chi connectivity index (χ1v) is 13.0. The fourth-order valence-electron chi connectivity index (χ4n) is 3.41. The number of nitrogens with one attached hydrogen (secondary N) is 7. The van der Waals surface area contributed by atoms with Gasteiger partial charge in [-0.05, 0) is 26.7 Å². The third-order valence-electron chi connectivity index (χ3n) is 5.64. The Balaban J connectivity index is 5.86. The number of guanidine groups is 1. The van der Waals surface area contributed by atoms with E-state index in [-0.39, 0.29) is 19.4 Å². The fraction of sp³-hybridized carbons (Fsp3) is 0.609. The molecule has 0 rings (SSSR count). The zero-order valence-electron chi connectivity index (χ0n) is 23.9. The normalized spacial score (nSPS) is 14.6. The van der Waals surface area contributed by atoms with Crippen molar-refractivity contribution in [1.82, 2.24) is 31.9 Å². The monoisotopic (exact) mass is 633 g/mol. The van der Waals surface area contributed by atoms with Gasteiger partial charge in [0.15, 0.2) is 12.0 Å². The quantitative estimate of drug-likeness (QED) is 0.0337. The second-order valence-electron chi connectivity index (χ2n) is 9.42. The van der Waals surface area contributed by atoms with Crippen LogP contribution in [0.5, 0.6) is 0 Å². The number of nitrogens with two attached hydrogens (primary N) is 2. The minimum Gasteiger partial charge on any atom is -0.481 e. The number of carboxylic acid groups (broad SMARTS) is 3. The SMILES string of the molecule is C[C@H](NC(=O)[C@H](CC(=O)O)NC(=O)CN)C(=O)N[C@@H](CCCNC(=N)N)C(=O)N[C@@H](CC(=O)O)C(=O)N[C@H](C(=O)O)[C@@H](C)O. The lowest BCUT2D eigenvalue weighted by Crippen LogP contribution is -2.59.